The number of hydrogen-bond donors (Lipinski definition) is 2. The lowest BCUT2D eigenvalue weighted by Gasteiger charge is -2.31. The molecule has 2 N–H and O–H groups in total. The van der Waals surface area contributed by atoms with E-state index in [-0.39, 0.29) is 17.9 Å². The highest BCUT2D eigenvalue weighted by molar-refractivity contribution is 7.13. The highest BCUT2D eigenvalue weighted by Crippen LogP contribution is 2.29. The van der Waals surface area contributed by atoms with Crippen LogP contribution in [0.15, 0.2) is 48.5 Å². The van der Waals surface area contributed by atoms with E-state index in [2.05, 4.69) is 20.8 Å². The van der Waals surface area contributed by atoms with E-state index >= 15 is 0 Å². The minimum Gasteiger partial charge on any atom is -0.334 e. The van der Waals surface area contributed by atoms with Crippen molar-refractivity contribution in [3.8, 4) is 0 Å². The molecule has 4 rings (SSSR count). The Labute approximate surface area is 191 Å². The van der Waals surface area contributed by atoms with Gasteiger partial charge in [-0.1, -0.05) is 58.9 Å². The fraction of sp³-hybridized carbons (Fsp3) is 0.333. The summed E-state index contributed by atoms with van der Waals surface area (Å²) in [6.45, 7) is 5.84. The highest BCUT2D eigenvalue weighted by Gasteiger charge is 2.28. The Hall–Kier alpha value is -3.26. The van der Waals surface area contributed by atoms with Gasteiger partial charge >= 0.3 is 6.03 Å². The number of urea groups is 1. The quantitative estimate of drug-likeness (QED) is 0.601. The normalized spacial score (nSPS) is 15.9. The molecule has 3 aromatic rings. The van der Waals surface area contributed by atoms with Gasteiger partial charge < -0.3 is 15.5 Å². The van der Waals surface area contributed by atoms with Gasteiger partial charge in [0.15, 0.2) is 0 Å². The van der Waals surface area contributed by atoms with Gasteiger partial charge in [-0.05, 0) is 44.4 Å². The molecule has 2 aromatic carbocycles. The van der Waals surface area contributed by atoms with Gasteiger partial charge in [-0.25, -0.2) is 4.79 Å². The van der Waals surface area contributed by atoms with E-state index in [0.29, 0.717) is 18.1 Å². The van der Waals surface area contributed by atoms with E-state index in [0.717, 1.165) is 41.2 Å². The van der Waals surface area contributed by atoms with E-state index in [9.17, 15) is 9.59 Å². The summed E-state index contributed by atoms with van der Waals surface area (Å²) in [5, 5.41) is 15.4. The zero-order valence-corrected chi connectivity index (χ0v) is 19.1. The fourth-order valence-electron chi connectivity index (χ4n) is 3.67. The number of nitrogens with one attached hydrogen (secondary N) is 2. The molecular formula is C24H27N5O2S. The van der Waals surface area contributed by atoms with Crippen molar-refractivity contribution in [2.75, 3.05) is 18.4 Å². The number of carbonyl (C=O) groups excluding carboxylic acids is 2. The Bertz CT molecular complexity index is 1080. The van der Waals surface area contributed by atoms with E-state index in [1.807, 2.05) is 67.3 Å². The largest absolute Gasteiger partial charge is 0.334 e. The molecule has 2 heterocycles. The third kappa shape index (κ3) is 5.50. The third-order valence-electron chi connectivity index (χ3n) is 5.57. The first-order chi connectivity index (χ1) is 15.5. The number of aryl methyl sites for hydroxylation is 2. The van der Waals surface area contributed by atoms with Crippen LogP contribution in [-0.4, -0.2) is 40.1 Å². The first-order valence-electron chi connectivity index (χ1n) is 10.8. The number of anilines is 1. The molecular weight excluding hydrogens is 422 g/mol. The van der Waals surface area contributed by atoms with Crippen LogP contribution in [0.25, 0.3) is 0 Å². The van der Waals surface area contributed by atoms with Crippen molar-refractivity contribution in [2.45, 2.75) is 39.2 Å². The zero-order chi connectivity index (χ0) is 22.5. The van der Waals surface area contributed by atoms with Gasteiger partial charge in [0.25, 0.3) is 5.91 Å². The Morgan fingerprint density at radius 1 is 1.03 bits per heavy atom. The average Bonchev–Trinajstić information content (AvgIpc) is 3.31. The predicted molar refractivity (Wildman–Crippen MR) is 126 cm³/mol. The maximum atomic E-state index is 12.7. The average molecular weight is 450 g/mol. The number of carbonyl (C=O) groups is 2. The van der Waals surface area contributed by atoms with E-state index in [1.165, 1.54) is 16.9 Å². The Morgan fingerprint density at radius 3 is 2.44 bits per heavy atom. The molecule has 1 atom stereocenters. The molecule has 1 aromatic heterocycles. The van der Waals surface area contributed by atoms with Gasteiger partial charge in [0.2, 0.25) is 5.01 Å². The van der Waals surface area contributed by atoms with Crippen LogP contribution >= 0.6 is 11.3 Å². The summed E-state index contributed by atoms with van der Waals surface area (Å²) in [7, 11) is 0. The second-order valence-electron chi connectivity index (χ2n) is 8.20. The van der Waals surface area contributed by atoms with Crippen molar-refractivity contribution in [1.29, 1.82) is 0 Å². The first-order valence-corrected chi connectivity index (χ1v) is 11.6. The molecule has 1 saturated heterocycles. The molecule has 32 heavy (non-hydrogen) atoms. The number of aromatic nitrogens is 2. The van der Waals surface area contributed by atoms with Crippen molar-refractivity contribution >= 4 is 29.0 Å². The molecule has 0 spiro atoms. The van der Waals surface area contributed by atoms with Gasteiger partial charge in [0, 0.05) is 31.2 Å². The van der Waals surface area contributed by atoms with Gasteiger partial charge in [-0.2, -0.15) is 0 Å². The van der Waals surface area contributed by atoms with Gasteiger partial charge in [-0.3, -0.25) is 4.79 Å². The summed E-state index contributed by atoms with van der Waals surface area (Å²) in [5.74, 6) is -0.173. The van der Waals surface area contributed by atoms with Crippen molar-refractivity contribution in [2.24, 2.45) is 0 Å². The molecule has 166 valence electrons. The fourth-order valence-corrected chi connectivity index (χ4v) is 4.54. The molecule has 1 aliphatic heterocycles. The van der Waals surface area contributed by atoms with Crippen LogP contribution in [0.4, 0.5) is 10.5 Å². The molecule has 1 aliphatic rings. The number of rotatable bonds is 5. The van der Waals surface area contributed by atoms with Crippen LogP contribution in [-0.2, 0) is 6.54 Å². The van der Waals surface area contributed by atoms with E-state index in [4.69, 9.17) is 0 Å². The number of hydrogen-bond acceptors (Lipinski definition) is 5. The van der Waals surface area contributed by atoms with Crippen LogP contribution in [0.5, 0.6) is 0 Å². The number of likely N-dealkylation sites (tertiary alicyclic amines) is 1. The summed E-state index contributed by atoms with van der Waals surface area (Å²) in [5.41, 5.74) is 4.13. The highest BCUT2D eigenvalue weighted by atomic mass is 32.1. The lowest BCUT2D eigenvalue weighted by Crippen LogP contribution is -2.44. The van der Waals surface area contributed by atoms with Gasteiger partial charge in [0.1, 0.15) is 5.01 Å². The molecule has 7 nitrogen and oxygen atoms in total. The SMILES string of the molecule is Cc1ccc(CNC(=O)N2CCC[C@H](c3nnc(C(=O)Nc4ccc(C)cc4)s3)C2)cc1. The number of amides is 3. The van der Waals surface area contributed by atoms with Crippen molar-refractivity contribution < 1.29 is 9.59 Å². The Kier molecular flexibility index (Phi) is 6.80. The van der Waals surface area contributed by atoms with Crippen molar-refractivity contribution in [3.05, 3.63) is 75.2 Å². The van der Waals surface area contributed by atoms with E-state index in [1.54, 1.807) is 0 Å². The molecule has 8 heteroatoms. The minimum atomic E-state index is -0.263. The molecule has 0 aliphatic carbocycles. The molecule has 0 unspecified atom stereocenters. The molecule has 0 radical (unpaired) electrons. The first kappa shape index (κ1) is 22.0. The van der Waals surface area contributed by atoms with Crippen LogP contribution in [0.1, 0.15) is 50.3 Å². The maximum Gasteiger partial charge on any atom is 0.317 e. The van der Waals surface area contributed by atoms with Gasteiger partial charge in [-0.15, -0.1) is 10.2 Å². The minimum absolute atomic E-state index is 0.0721. The van der Waals surface area contributed by atoms with Gasteiger partial charge in [0.05, 0.1) is 0 Å². The summed E-state index contributed by atoms with van der Waals surface area (Å²) < 4.78 is 0. The smallest absolute Gasteiger partial charge is 0.317 e. The maximum absolute atomic E-state index is 12.7. The van der Waals surface area contributed by atoms with Crippen molar-refractivity contribution in [1.82, 2.24) is 20.4 Å². The van der Waals surface area contributed by atoms with Crippen LogP contribution in [0, 0.1) is 13.8 Å². The second kappa shape index (κ2) is 9.91. The van der Waals surface area contributed by atoms with E-state index < -0.39 is 0 Å². The standard InChI is InChI=1S/C24H27N5O2S/c1-16-5-9-18(10-6-16)14-25-24(31)29-13-3-4-19(15-29)22-27-28-23(32-22)21(30)26-20-11-7-17(2)8-12-20/h5-12,19H,3-4,13-15H2,1-2H3,(H,25,31)(H,26,30)/t19-/m0/s1. The summed E-state index contributed by atoms with van der Waals surface area (Å²) in [4.78, 5) is 27.0. The van der Waals surface area contributed by atoms with Crippen LogP contribution in [0.3, 0.4) is 0 Å². The number of piperidine rings is 1. The topological polar surface area (TPSA) is 87.2 Å². The monoisotopic (exact) mass is 449 g/mol. The van der Waals surface area contributed by atoms with Crippen LogP contribution in [0.2, 0.25) is 0 Å². The Balaban J connectivity index is 1.33. The number of benzene rings is 2. The molecule has 0 saturated carbocycles. The zero-order valence-electron chi connectivity index (χ0n) is 18.3. The second-order valence-corrected chi connectivity index (χ2v) is 9.20. The molecule has 3 amide bonds. The summed E-state index contributed by atoms with van der Waals surface area (Å²) >= 11 is 1.30. The Morgan fingerprint density at radius 2 is 1.72 bits per heavy atom. The predicted octanol–water partition coefficient (Wildman–Crippen LogP) is 4.50. The van der Waals surface area contributed by atoms with Crippen LogP contribution < -0.4 is 10.6 Å². The van der Waals surface area contributed by atoms with Crippen molar-refractivity contribution in [3.63, 3.8) is 0 Å². The molecule has 0 bridgehead atoms. The molecule has 1 fully saturated rings. The number of nitrogens with zero attached hydrogens (tertiary/aromatic N) is 3. The summed E-state index contributed by atoms with van der Waals surface area (Å²) in [6.07, 6.45) is 1.82. The third-order valence-corrected chi connectivity index (χ3v) is 6.65. The lowest BCUT2D eigenvalue weighted by molar-refractivity contribution is 0.102. The summed E-state index contributed by atoms with van der Waals surface area (Å²) in [6, 6.07) is 15.7. The lowest BCUT2D eigenvalue weighted by atomic mass is 9.99.